The van der Waals surface area contributed by atoms with Crippen molar-refractivity contribution >= 4 is 11.9 Å². The van der Waals surface area contributed by atoms with Crippen molar-refractivity contribution < 1.29 is 18.0 Å². The molecule has 1 heterocycles. The molecule has 1 amide bonds. The number of rotatable bonds is 5. The van der Waals surface area contributed by atoms with E-state index in [9.17, 15) is 18.0 Å². The lowest BCUT2D eigenvalue weighted by atomic mass is 9.85. The van der Waals surface area contributed by atoms with Gasteiger partial charge in [0.2, 0.25) is 5.91 Å². The van der Waals surface area contributed by atoms with Crippen molar-refractivity contribution in [1.29, 1.82) is 0 Å². The molecule has 2 fully saturated rings. The van der Waals surface area contributed by atoms with E-state index in [1.165, 1.54) is 0 Å². The number of guanidine groups is 1. The molecule has 0 aromatic heterocycles. The van der Waals surface area contributed by atoms with Crippen LogP contribution in [0.3, 0.4) is 0 Å². The Labute approximate surface area is 169 Å². The Morgan fingerprint density at radius 2 is 2.03 bits per heavy atom. The first kappa shape index (κ1) is 21.5. The van der Waals surface area contributed by atoms with Crippen LogP contribution in [0.2, 0.25) is 0 Å². The number of carbonyl (C=O) groups is 1. The van der Waals surface area contributed by atoms with Gasteiger partial charge in [-0.2, -0.15) is 13.2 Å². The fourth-order valence-electron chi connectivity index (χ4n) is 4.12. The Kier molecular flexibility index (Phi) is 7.03. The number of benzene rings is 1. The van der Waals surface area contributed by atoms with E-state index in [-0.39, 0.29) is 24.8 Å². The molecule has 1 aromatic rings. The molecule has 0 radical (unpaired) electrons. The van der Waals surface area contributed by atoms with Gasteiger partial charge in [-0.15, -0.1) is 0 Å². The zero-order valence-electron chi connectivity index (χ0n) is 16.8. The zero-order chi connectivity index (χ0) is 20.9. The van der Waals surface area contributed by atoms with Crippen molar-refractivity contribution in [2.24, 2.45) is 10.9 Å². The van der Waals surface area contributed by atoms with E-state index in [4.69, 9.17) is 0 Å². The van der Waals surface area contributed by atoms with E-state index < -0.39 is 12.1 Å². The standard InChI is InChI=1S/C21H29F3N4O/c1-25-20(27-18-8-3-7-17(12-18)21(22,23)24)26-13-15-5-2-6-16(11-15)14-28-10-4-9-19(28)29/h2,5-6,11,17-18H,3-4,7-10,12-14H2,1H3,(H2,25,26,27). The van der Waals surface area contributed by atoms with Crippen LogP contribution in [0.25, 0.3) is 0 Å². The first-order valence-corrected chi connectivity index (χ1v) is 10.2. The first-order chi connectivity index (χ1) is 13.8. The van der Waals surface area contributed by atoms with Gasteiger partial charge in [0.15, 0.2) is 5.96 Å². The minimum atomic E-state index is -4.13. The minimum Gasteiger partial charge on any atom is -0.354 e. The van der Waals surface area contributed by atoms with Crippen LogP contribution in [0, 0.1) is 5.92 Å². The average molecular weight is 410 g/mol. The lowest BCUT2D eigenvalue weighted by molar-refractivity contribution is -0.183. The summed E-state index contributed by atoms with van der Waals surface area (Å²) in [4.78, 5) is 17.8. The maximum atomic E-state index is 13.0. The lowest BCUT2D eigenvalue weighted by Gasteiger charge is -2.31. The average Bonchev–Trinajstić information content (AvgIpc) is 3.09. The van der Waals surface area contributed by atoms with Crippen molar-refractivity contribution in [3.05, 3.63) is 35.4 Å². The summed E-state index contributed by atoms with van der Waals surface area (Å²) >= 11 is 0. The molecule has 1 aliphatic heterocycles. The Hall–Kier alpha value is -2.25. The predicted octanol–water partition coefficient (Wildman–Crippen LogP) is 3.60. The molecule has 2 N–H and O–H groups in total. The number of alkyl halides is 3. The molecule has 2 atom stereocenters. The van der Waals surface area contributed by atoms with Crippen LogP contribution in [-0.2, 0) is 17.9 Å². The van der Waals surface area contributed by atoms with Crippen molar-refractivity contribution in [3.8, 4) is 0 Å². The molecule has 2 unspecified atom stereocenters. The first-order valence-electron chi connectivity index (χ1n) is 10.2. The summed E-state index contributed by atoms with van der Waals surface area (Å²) in [6, 6.07) is 7.76. The molecule has 3 rings (SSSR count). The number of hydrogen-bond donors (Lipinski definition) is 2. The second-order valence-corrected chi connectivity index (χ2v) is 7.91. The van der Waals surface area contributed by atoms with Gasteiger partial charge >= 0.3 is 6.18 Å². The molecule has 29 heavy (non-hydrogen) atoms. The monoisotopic (exact) mass is 410 g/mol. The summed E-state index contributed by atoms with van der Waals surface area (Å²) in [5.41, 5.74) is 2.11. The fourth-order valence-corrected chi connectivity index (χ4v) is 4.12. The molecular weight excluding hydrogens is 381 g/mol. The highest BCUT2D eigenvalue weighted by molar-refractivity contribution is 5.80. The van der Waals surface area contributed by atoms with Gasteiger partial charge in [0, 0.05) is 39.1 Å². The van der Waals surface area contributed by atoms with Crippen molar-refractivity contribution in [3.63, 3.8) is 0 Å². The van der Waals surface area contributed by atoms with Crippen molar-refractivity contribution in [2.75, 3.05) is 13.6 Å². The van der Waals surface area contributed by atoms with E-state index >= 15 is 0 Å². The van der Waals surface area contributed by atoms with Crippen LogP contribution >= 0.6 is 0 Å². The normalized spacial score (nSPS) is 23.4. The SMILES string of the molecule is CN=C(NCc1cccc(CN2CCCC2=O)c1)NC1CCCC(C(F)(F)F)C1. The van der Waals surface area contributed by atoms with Gasteiger partial charge in [-0.3, -0.25) is 9.79 Å². The predicted molar refractivity (Wildman–Crippen MR) is 106 cm³/mol. The van der Waals surface area contributed by atoms with Gasteiger partial charge in [0.1, 0.15) is 0 Å². The van der Waals surface area contributed by atoms with Crippen molar-refractivity contribution in [1.82, 2.24) is 15.5 Å². The topological polar surface area (TPSA) is 56.7 Å². The van der Waals surface area contributed by atoms with Crippen molar-refractivity contribution in [2.45, 2.75) is 63.8 Å². The summed E-state index contributed by atoms with van der Waals surface area (Å²) in [5.74, 6) is -0.530. The summed E-state index contributed by atoms with van der Waals surface area (Å²) < 4.78 is 39.0. The van der Waals surface area contributed by atoms with Crippen LogP contribution in [0.5, 0.6) is 0 Å². The van der Waals surface area contributed by atoms with Gasteiger partial charge in [-0.05, 0) is 36.8 Å². The number of amides is 1. The Bertz CT molecular complexity index is 735. The highest BCUT2D eigenvalue weighted by Gasteiger charge is 2.42. The van der Waals surface area contributed by atoms with Gasteiger partial charge in [0.05, 0.1) is 5.92 Å². The Morgan fingerprint density at radius 3 is 2.72 bits per heavy atom. The van der Waals surface area contributed by atoms with E-state index in [2.05, 4.69) is 15.6 Å². The van der Waals surface area contributed by atoms with Crippen LogP contribution in [0.15, 0.2) is 29.3 Å². The molecular formula is C21H29F3N4O. The summed E-state index contributed by atoms with van der Waals surface area (Å²) in [6.45, 7) is 1.93. The van der Waals surface area contributed by atoms with Gasteiger partial charge in [-0.25, -0.2) is 0 Å². The maximum Gasteiger partial charge on any atom is 0.391 e. The van der Waals surface area contributed by atoms with Crippen LogP contribution in [0.4, 0.5) is 13.2 Å². The fraction of sp³-hybridized carbons (Fsp3) is 0.619. The molecule has 2 aliphatic rings. The number of nitrogens with one attached hydrogen (secondary N) is 2. The number of halogens is 3. The number of aliphatic imine (C=N–C) groups is 1. The highest BCUT2D eigenvalue weighted by atomic mass is 19.4. The number of nitrogens with zero attached hydrogens (tertiary/aromatic N) is 2. The zero-order valence-corrected chi connectivity index (χ0v) is 16.8. The third-order valence-corrected chi connectivity index (χ3v) is 5.70. The van der Waals surface area contributed by atoms with Gasteiger partial charge < -0.3 is 15.5 Å². The van der Waals surface area contributed by atoms with Crippen LogP contribution < -0.4 is 10.6 Å². The molecule has 1 saturated heterocycles. The van der Waals surface area contributed by atoms with E-state index in [0.29, 0.717) is 38.3 Å². The number of likely N-dealkylation sites (tertiary alicyclic amines) is 1. The molecule has 1 aromatic carbocycles. The lowest BCUT2D eigenvalue weighted by Crippen LogP contribution is -2.46. The molecule has 0 bridgehead atoms. The van der Waals surface area contributed by atoms with E-state index in [1.807, 2.05) is 29.2 Å². The summed E-state index contributed by atoms with van der Waals surface area (Å²) in [5, 5.41) is 6.34. The third-order valence-electron chi connectivity index (χ3n) is 5.70. The van der Waals surface area contributed by atoms with E-state index in [1.54, 1.807) is 7.05 Å². The van der Waals surface area contributed by atoms with Gasteiger partial charge in [0.25, 0.3) is 0 Å². The van der Waals surface area contributed by atoms with Crippen LogP contribution in [0.1, 0.15) is 49.7 Å². The van der Waals surface area contributed by atoms with E-state index in [0.717, 1.165) is 24.1 Å². The molecule has 160 valence electrons. The largest absolute Gasteiger partial charge is 0.391 e. The molecule has 1 saturated carbocycles. The Balaban J connectivity index is 1.51. The number of hydrogen-bond acceptors (Lipinski definition) is 2. The second kappa shape index (κ2) is 9.50. The highest BCUT2D eigenvalue weighted by Crippen LogP contribution is 2.37. The Morgan fingerprint density at radius 1 is 1.24 bits per heavy atom. The number of carbonyl (C=O) groups excluding carboxylic acids is 1. The molecule has 5 nitrogen and oxygen atoms in total. The molecule has 8 heteroatoms. The smallest absolute Gasteiger partial charge is 0.354 e. The van der Waals surface area contributed by atoms with Gasteiger partial charge in [-0.1, -0.05) is 30.7 Å². The molecule has 1 aliphatic carbocycles. The quantitative estimate of drug-likeness (QED) is 0.576. The van der Waals surface area contributed by atoms with Crippen LogP contribution in [-0.4, -0.2) is 42.6 Å². The maximum absolute atomic E-state index is 13.0. The molecule has 0 spiro atoms. The summed E-state index contributed by atoms with van der Waals surface area (Å²) in [6.07, 6.45) is -1.02. The minimum absolute atomic E-state index is 0.0869. The third kappa shape index (κ3) is 6.11. The summed E-state index contributed by atoms with van der Waals surface area (Å²) in [7, 11) is 1.62. The second-order valence-electron chi connectivity index (χ2n) is 7.91.